The molecule has 11 heteroatoms. The summed E-state index contributed by atoms with van der Waals surface area (Å²) in [6.45, 7) is 2.02. The van der Waals surface area contributed by atoms with Crippen LogP contribution in [0.5, 0.6) is 11.5 Å². The van der Waals surface area contributed by atoms with Gasteiger partial charge in [-0.1, -0.05) is 31.2 Å². The number of hydrogen-bond acceptors (Lipinski definition) is 7. The van der Waals surface area contributed by atoms with Gasteiger partial charge in [0.05, 0.1) is 38.1 Å². The van der Waals surface area contributed by atoms with Gasteiger partial charge >= 0.3 is 10.3 Å². The zero-order chi connectivity index (χ0) is 24.7. The zero-order valence-corrected chi connectivity index (χ0v) is 20.7. The highest BCUT2D eigenvalue weighted by Crippen LogP contribution is 2.31. The number of thiazole rings is 1. The first-order valence-corrected chi connectivity index (χ1v) is 12.8. The summed E-state index contributed by atoms with van der Waals surface area (Å²) in [5.74, 6) is 0.867. The Hall–Kier alpha value is -3.15. The van der Waals surface area contributed by atoms with Crippen LogP contribution >= 0.6 is 11.3 Å². The quantitative estimate of drug-likeness (QED) is 0.340. The molecule has 3 aromatic rings. The predicted octanol–water partition coefficient (Wildman–Crippen LogP) is 3.58. The molecular formula is C23H27N3O6S2. The Labute approximate surface area is 203 Å². The standard InChI is InChI=1S/C23H27N3O6S2/c1-4-17-14-33-23(24-17)19(12-15-8-10-18(11-9-15)26-34(28,29)30)25-21(27)13-16-6-5-7-20(31-2)22(16)32-3/h5-11,14,19,26H,4,12-13H2,1-3H3,(H,25,27)(H,28,29,30)/t19-/m0/s1. The number of methoxy groups -OCH3 is 2. The first-order valence-electron chi connectivity index (χ1n) is 10.5. The van der Waals surface area contributed by atoms with Crippen molar-refractivity contribution in [3.63, 3.8) is 0 Å². The Morgan fingerprint density at radius 3 is 2.47 bits per heavy atom. The number of aryl methyl sites for hydroxylation is 1. The van der Waals surface area contributed by atoms with Crippen LogP contribution < -0.4 is 19.5 Å². The van der Waals surface area contributed by atoms with Crippen molar-refractivity contribution < 1.29 is 27.2 Å². The third-order valence-corrected chi connectivity index (χ3v) is 6.54. The lowest BCUT2D eigenvalue weighted by atomic mass is 10.0. The second-order valence-electron chi connectivity index (χ2n) is 7.46. The average Bonchev–Trinajstić information content (AvgIpc) is 3.28. The molecule has 0 aliphatic rings. The second kappa shape index (κ2) is 11.3. The van der Waals surface area contributed by atoms with Crippen LogP contribution in [0.4, 0.5) is 5.69 Å². The number of rotatable bonds is 11. The SMILES string of the molecule is CCc1csc([C@H](Cc2ccc(NS(=O)(=O)O)cc2)NC(=O)Cc2cccc(OC)c2OC)n1. The molecule has 0 bridgehead atoms. The molecular weight excluding hydrogens is 478 g/mol. The molecule has 1 heterocycles. The van der Waals surface area contributed by atoms with Crippen molar-refractivity contribution in [3.05, 3.63) is 69.7 Å². The van der Waals surface area contributed by atoms with E-state index < -0.39 is 10.3 Å². The zero-order valence-electron chi connectivity index (χ0n) is 19.1. The third-order valence-electron chi connectivity index (χ3n) is 5.04. The van der Waals surface area contributed by atoms with Crippen LogP contribution in [0.25, 0.3) is 0 Å². The smallest absolute Gasteiger partial charge is 0.357 e. The van der Waals surface area contributed by atoms with Gasteiger partial charge in [0.25, 0.3) is 0 Å². The number of para-hydroxylation sites is 1. The molecule has 182 valence electrons. The molecule has 0 spiro atoms. The summed E-state index contributed by atoms with van der Waals surface area (Å²) in [6, 6.07) is 11.6. The van der Waals surface area contributed by atoms with Crippen LogP contribution in [-0.4, -0.2) is 38.1 Å². The fourth-order valence-corrected chi connectivity index (χ4v) is 4.84. The number of amides is 1. The Balaban J connectivity index is 1.79. The maximum Gasteiger partial charge on any atom is 0.357 e. The summed E-state index contributed by atoms with van der Waals surface area (Å²) in [6.07, 6.45) is 1.33. The predicted molar refractivity (Wildman–Crippen MR) is 131 cm³/mol. The van der Waals surface area contributed by atoms with Gasteiger partial charge in [-0.15, -0.1) is 11.3 Å². The molecule has 0 aliphatic heterocycles. The molecule has 0 unspecified atom stereocenters. The maximum atomic E-state index is 13.0. The van der Waals surface area contributed by atoms with Gasteiger partial charge in [-0.2, -0.15) is 8.42 Å². The minimum absolute atomic E-state index is 0.0973. The van der Waals surface area contributed by atoms with Gasteiger partial charge in [0, 0.05) is 10.9 Å². The molecule has 0 saturated carbocycles. The Morgan fingerprint density at radius 1 is 1.15 bits per heavy atom. The lowest BCUT2D eigenvalue weighted by Gasteiger charge is -2.18. The van der Waals surface area contributed by atoms with Crippen molar-refractivity contribution in [3.8, 4) is 11.5 Å². The molecule has 3 rings (SSSR count). The van der Waals surface area contributed by atoms with E-state index in [0.717, 1.165) is 22.7 Å². The van der Waals surface area contributed by atoms with Crippen LogP contribution in [0.2, 0.25) is 0 Å². The molecule has 3 N–H and O–H groups in total. The molecule has 1 atom stereocenters. The summed E-state index contributed by atoms with van der Waals surface area (Å²) < 4.78 is 43.7. The van der Waals surface area contributed by atoms with E-state index in [9.17, 15) is 13.2 Å². The lowest BCUT2D eigenvalue weighted by Crippen LogP contribution is -2.31. The van der Waals surface area contributed by atoms with E-state index in [-0.39, 0.29) is 24.1 Å². The van der Waals surface area contributed by atoms with Crippen molar-refractivity contribution in [1.29, 1.82) is 0 Å². The number of nitrogens with one attached hydrogen (secondary N) is 2. The Kier molecular flexibility index (Phi) is 8.48. The van der Waals surface area contributed by atoms with Gasteiger partial charge in [0.15, 0.2) is 11.5 Å². The minimum Gasteiger partial charge on any atom is -0.493 e. The van der Waals surface area contributed by atoms with Gasteiger partial charge in [0.2, 0.25) is 5.91 Å². The first kappa shape index (κ1) is 25.5. The molecule has 0 saturated heterocycles. The van der Waals surface area contributed by atoms with E-state index in [1.165, 1.54) is 18.4 Å². The van der Waals surface area contributed by atoms with E-state index in [0.29, 0.717) is 23.5 Å². The highest BCUT2D eigenvalue weighted by Gasteiger charge is 2.21. The average molecular weight is 506 g/mol. The van der Waals surface area contributed by atoms with E-state index in [1.54, 1.807) is 43.5 Å². The van der Waals surface area contributed by atoms with E-state index in [1.807, 2.05) is 23.1 Å². The third kappa shape index (κ3) is 6.92. The van der Waals surface area contributed by atoms with Crippen molar-refractivity contribution in [2.45, 2.75) is 32.2 Å². The number of carbonyl (C=O) groups is 1. The lowest BCUT2D eigenvalue weighted by molar-refractivity contribution is -0.121. The monoisotopic (exact) mass is 505 g/mol. The van der Waals surface area contributed by atoms with Gasteiger partial charge in [0.1, 0.15) is 5.01 Å². The number of benzene rings is 2. The van der Waals surface area contributed by atoms with Crippen LogP contribution in [0.3, 0.4) is 0 Å². The molecule has 0 aliphatic carbocycles. The number of carbonyl (C=O) groups excluding carboxylic acids is 1. The fourth-order valence-electron chi connectivity index (χ4n) is 3.45. The van der Waals surface area contributed by atoms with Crippen LogP contribution in [-0.2, 0) is 34.4 Å². The summed E-state index contributed by atoms with van der Waals surface area (Å²) >= 11 is 1.48. The molecule has 9 nitrogen and oxygen atoms in total. The first-order chi connectivity index (χ1) is 16.2. The molecule has 0 fully saturated rings. The summed E-state index contributed by atoms with van der Waals surface area (Å²) in [4.78, 5) is 17.7. The van der Waals surface area contributed by atoms with Gasteiger partial charge in [-0.3, -0.25) is 14.1 Å². The number of hydrogen-bond donors (Lipinski definition) is 3. The second-order valence-corrected chi connectivity index (χ2v) is 9.50. The molecule has 2 aromatic carbocycles. The van der Waals surface area contributed by atoms with Gasteiger partial charge in [-0.05, 0) is 36.6 Å². The summed E-state index contributed by atoms with van der Waals surface area (Å²) in [5, 5.41) is 5.82. The Bertz CT molecular complexity index is 1230. The number of nitrogens with zero attached hydrogens (tertiary/aromatic N) is 1. The van der Waals surface area contributed by atoms with Gasteiger partial charge < -0.3 is 14.8 Å². The van der Waals surface area contributed by atoms with Crippen LogP contribution in [0.15, 0.2) is 47.8 Å². The van der Waals surface area contributed by atoms with Crippen molar-refractivity contribution >= 4 is 33.2 Å². The summed E-state index contributed by atoms with van der Waals surface area (Å²) in [7, 11) is -1.27. The van der Waals surface area contributed by atoms with E-state index in [2.05, 4.69) is 10.3 Å². The normalized spacial score (nSPS) is 12.1. The van der Waals surface area contributed by atoms with Crippen LogP contribution in [0, 0.1) is 0 Å². The maximum absolute atomic E-state index is 13.0. The molecule has 34 heavy (non-hydrogen) atoms. The van der Waals surface area contributed by atoms with Crippen molar-refractivity contribution in [2.24, 2.45) is 0 Å². The molecule has 0 radical (unpaired) electrons. The fraction of sp³-hybridized carbons (Fsp3) is 0.304. The van der Waals surface area contributed by atoms with Crippen molar-refractivity contribution in [2.75, 3.05) is 18.9 Å². The topological polar surface area (TPSA) is 127 Å². The Morgan fingerprint density at radius 2 is 1.88 bits per heavy atom. The largest absolute Gasteiger partial charge is 0.493 e. The molecule has 1 amide bonds. The van der Waals surface area contributed by atoms with Crippen molar-refractivity contribution in [1.82, 2.24) is 10.3 Å². The number of ether oxygens (including phenoxy) is 2. The molecule has 1 aromatic heterocycles. The van der Waals surface area contributed by atoms with E-state index >= 15 is 0 Å². The highest BCUT2D eigenvalue weighted by atomic mass is 32.2. The van der Waals surface area contributed by atoms with Crippen LogP contribution in [0.1, 0.15) is 34.8 Å². The van der Waals surface area contributed by atoms with E-state index in [4.69, 9.17) is 14.0 Å². The number of anilines is 1. The minimum atomic E-state index is -4.35. The summed E-state index contributed by atoms with van der Waals surface area (Å²) in [5.41, 5.74) is 2.74. The van der Waals surface area contributed by atoms with Gasteiger partial charge in [-0.25, -0.2) is 4.98 Å². The highest BCUT2D eigenvalue weighted by molar-refractivity contribution is 7.87. The number of aromatic nitrogens is 1.